The number of nitrogens with one attached hydrogen (secondary N) is 1. The smallest absolute Gasteiger partial charge is 0.305 e. The SMILES string of the molecule is CC(=O)OC[C@H]1O[C@@H](OC(C)=O)[C@@H](NC(=O)/C=C/c2cccc([N+](=O)[O-])c2)[C@@H](OC(C)=O)[C@@H]1OC(C)=O. The van der Waals surface area contributed by atoms with Gasteiger partial charge in [-0.15, -0.1) is 0 Å². The minimum atomic E-state index is -1.54. The van der Waals surface area contributed by atoms with E-state index in [9.17, 15) is 34.1 Å². The van der Waals surface area contributed by atoms with Crippen molar-refractivity contribution in [2.24, 2.45) is 0 Å². The molecule has 0 unspecified atom stereocenters. The molecule has 1 aliphatic rings. The minimum Gasteiger partial charge on any atom is -0.463 e. The van der Waals surface area contributed by atoms with Gasteiger partial charge < -0.3 is 29.0 Å². The summed E-state index contributed by atoms with van der Waals surface area (Å²) < 4.78 is 26.4. The molecule has 37 heavy (non-hydrogen) atoms. The van der Waals surface area contributed by atoms with E-state index in [-0.39, 0.29) is 5.69 Å². The van der Waals surface area contributed by atoms with Crippen LogP contribution in [0.2, 0.25) is 0 Å². The molecule has 0 aromatic heterocycles. The zero-order valence-corrected chi connectivity index (χ0v) is 20.4. The first-order valence-electron chi connectivity index (χ1n) is 10.9. The van der Waals surface area contributed by atoms with Crippen LogP contribution in [0.4, 0.5) is 5.69 Å². The summed E-state index contributed by atoms with van der Waals surface area (Å²) in [5.74, 6) is -3.88. The number of non-ortho nitro benzene ring substituents is 1. The molecule has 1 aliphatic heterocycles. The maximum atomic E-state index is 12.7. The Morgan fingerprint density at radius 2 is 1.59 bits per heavy atom. The Hall–Kier alpha value is -4.33. The minimum absolute atomic E-state index is 0.184. The van der Waals surface area contributed by atoms with Crippen LogP contribution in [0.15, 0.2) is 30.3 Å². The third kappa shape index (κ3) is 9.00. The summed E-state index contributed by atoms with van der Waals surface area (Å²) in [7, 11) is 0. The normalized spacial score (nSPS) is 23.0. The van der Waals surface area contributed by atoms with Gasteiger partial charge in [0.2, 0.25) is 12.2 Å². The molecule has 0 bridgehead atoms. The predicted molar refractivity (Wildman–Crippen MR) is 122 cm³/mol. The summed E-state index contributed by atoms with van der Waals surface area (Å²) in [6.07, 6.45) is -3.21. The van der Waals surface area contributed by atoms with Gasteiger partial charge in [0.25, 0.3) is 5.69 Å². The lowest BCUT2D eigenvalue weighted by molar-refractivity contribution is -0.384. The number of hydrogen-bond acceptors (Lipinski definition) is 12. The van der Waals surface area contributed by atoms with Crippen molar-refractivity contribution in [3.8, 4) is 0 Å². The van der Waals surface area contributed by atoms with Crippen molar-refractivity contribution < 1.29 is 52.6 Å². The lowest BCUT2D eigenvalue weighted by atomic mass is 9.96. The van der Waals surface area contributed by atoms with Crippen molar-refractivity contribution in [1.29, 1.82) is 0 Å². The van der Waals surface area contributed by atoms with Crippen LogP contribution < -0.4 is 5.32 Å². The van der Waals surface area contributed by atoms with E-state index in [1.807, 2.05) is 0 Å². The fraction of sp³-hybridized carbons (Fsp3) is 0.435. The molecule has 14 heteroatoms. The zero-order chi connectivity index (χ0) is 27.7. The average molecular weight is 522 g/mol. The Bertz CT molecular complexity index is 1090. The largest absolute Gasteiger partial charge is 0.463 e. The highest BCUT2D eigenvalue weighted by Crippen LogP contribution is 2.28. The predicted octanol–water partition coefficient (Wildman–Crippen LogP) is 0.807. The number of benzene rings is 1. The first-order valence-corrected chi connectivity index (χ1v) is 10.9. The van der Waals surface area contributed by atoms with Crippen LogP contribution in [0, 0.1) is 10.1 Å². The van der Waals surface area contributed by atoms with Gasteiger partial charge in [0.05, 0.1) is 4.92 Å². The molecule has 0 spiro atoms. The number of amides is 1. The number of rotatable bonds is 9. The third-order valence-corrected chi connectivity index (χ3v) is 4.80. The number of nitrogens with zero attached hydrogens (tertiary/aromatic N) is 1. The molecular weight excluding hydrogens is 496 g/mol. The molecule has 0 saturated carbocycles. The molecule has 0 aliphatic carbocycles. The monoisotopic (exact) mass is 522 g/mol. The standard InChI is InChI=1S/C23H26N2O12/c1-12(26)33-11-18-21(34-13(2)27)22(35-14(3)28)20(23(37-18)36-15(4)29)24-19(30)9-8-16-6-5-7-17(10-16)25(31)32/h5-10,18,20-23H,11H2,1-4H3,(H,24,30)/b9-8+/t18-,20+,21-,22-,23-/m1/s1. The van der Waals surface area contributed by atoms with Gasteiger partial charge in [-0.2, -0.15) is 0 Å². The molecule has 1 aromatic rings. The Kier molecular flexibility index (Phi) is 10.2. The van der Waals surface area contributed by atoms with Crippen LogP contribution in [0.3, 0.4) is 0 Å². The van der Waals surface area contributed by atoms with Gasteiger partial charge >= 0.3 is 23.9 Å². The van der Waals surface area contributed by atoms with Gasteiger partial charge in [0.15, 0.2) is 12.2 Å². The molecule has 1 amide bonds. The first-order chi connectivity index (χ1) is 17.4. The molecule has 14 nitrogen and oxygen atoms in total. The van der Waals surface area contributed by atoms with E-state index >= 15 is 0 Å². The van der Waals surface area contributed by atoms with Crippen molar-refractivity contribution in [1.82, 2.24) is 5.32 Å². The lowest BCUT2D eigenvalue weighted by Crippen LogP contribution is -2.66. The van der Waals surface area contributed by atoms with Gasteiger partial charge in [0, 0.05) is 45.9 Å². The van der Waals surface area contributed by atoms with E-state index in [1.54, 1.807) is 0 Å². The number of esters is 4. The molecule has 1 aromatic carbocycles. The molecular formula is C23H26N2O12. The van der Waals surface area contributed by atoms with Gasteiger partial charge in [-0.25, -0.2) is 0 Å². The Balaban J connectivity index is 2.38. The number of nitro benzene ring substituents is 1. The molecule has 2 rings (SSSR count). The maximum Gasteiger partial charge on any atom is 0.305 e. The Morgan fingerprint density at radius 1 is 0.973 bits per heavy atom. The first kappa shape index (κ1) is 28.9. The van der Waals surface area contributed by atoms with Crippen LogP contribution in [0.1, 0.15) is 33.3 Å². The average Bonchev–Trinajstić information content (AvgIpc) is 2.79. The van der Waals surface area contributed by atoms with E-state index in [2.05, 4.69) is 5.32 Å². The van der Waals surface area contributed by atoms with Crippen LogP contribution in [-0.2, 0) is 47.7 Å². The molecule has 1 saturated heterocycles. The number of carbonyl (C=O) groups is 5. The molecule has 5 atom stereocenters. The topological polar surface area (TPSA) is 187 Å². The molecule has 1 heterocycles. The molecule has 200 valence electrons. The number of nitro groups is 1. The number of carbonyl (C=O) groups excluding carboxylic acids is 5. The fourth-order valence-corrected chi connectivity index (χ4v) is 3.45. The van der Waals surface area contributed by atoms with E-state index in [4.69, 9.17) is 23.7 Å². The summed E-state index contributed by atoms with van der Waals surface area (Å²) >= 11 is 0. The van der Waals surface area contributed by atoms with E-state index in [1.165, 1.54) is 30.3 Å². The van der Waals surface area contributed by atoms with Gasteiger partial charge in [0.1, 0.15) is 18.8 Å². The molecule has 1 N–H and O–H groups in total. The number of hydrogen-bond donors (Lipinski definition) is 1. The Labute approximate surface area is 211 Å². The zero-order valence-electron chi connectivity index (χ0n) is 20.4. The highest BCUT2D eigenvalue weighted by molar-refractivity contribution is 5.92. The van der Waals surface area contributed by atoms with Crippen LogP contribution in [0.25, 0.3) is 6.08 Å². The molecule has 0 radical (unpaired) electrons. The maximum absolute atomic E-state index is 12.7. The summed E-state index contributed by atoms with van der Waals surface area (Å²) in [5.41, 5.74) is 0.160. The van der Waals surface area contributed by atoms with E-state index in [0.717, 1.165) is 33.8 Å². The van der Waals surface area contributed by atoms with Crippen molar-refractivity contribution in [2.75, 3.05) is 6.61 Å². The summed E-state index contributed by atoms with van der Waals surface area (Å²) in [4.78, 5) is 69.9. The van der Waals surface area contributed by atoms with Crippen molar-refractivity contribution in [3.63, 3.8) is 0 Å². The van der Waals surface area contributed by atoms with Crippen molar-refractivity contribution >= 4 is 41.5 Å². The van der Waals surface area contributed by atoms with Crippen molar-refractivity contribution in [2.45, 2.75) is 58.3 Å². The lowest BCUT2D eigenvalue weighted by Gasteiger charge is -2.44. The molecule has 1 fully saturated rings. The second-order valence-corrected chi connectivity index (χ2v) is 7.82. The van der Waals surface area contributed by atoms with E-state index in [0.29, 0.717) is 5.56 Å². The van der Waals surface area contributed by atoms with Crippen LogP contribution >= 0.6 is 0 Å². The van der Waals surface area contributed by atoms with Crippen LogP contribution in [0.5, 0.6) is 0 Å². The van der Waals surface area contributed by atoms with Gasteiger partial charge in [-0.3, -0.25) is 34.1 Å². The van der Waals surface area contributed by atoms with Gasteiger partial charge in [-0.05, 0) is 11.6 Å². The highest BCUT2D eigenvalue weighted by atomic mass is 16.7. The van der Waals surface area contributed by atoms with E-state index < -0.39 is 72.0 Å². The summed E-state index contributed by atoms with van der Waals surface area (Å²) in [5, 5.41) is 13.4. The van der Waals surface area contributed by atoms with Gasteiger partial charge in [-0.1, -0.05) is 12.1 Å². The summed E-state index contributed by atoms with van der Waals surface area (Å²) in [6.45, 7) is 3.92. The second-order valence-electron chi connectivity index (χ2n) is 7.82. The number of ether oxygens (including phenoxy) is 5. The fourth-order valence-electron chi connectivity index (χ4n) is 3.45. The van der Waals surface area contributed by atoms with Crippen molar-refractivity contribution in [3.05, 3.63) is 46.0 Å². The summed E-state index contributed by atoms with van der Waals surface area (Å²) in [6, 6.07) is 4.12. The second kappa shape index (κ2) is 13.1. The third-order valence-electron chi connectivity index (χ3n) is 4.80. The van der Waals surface area contributed by atoms with Crippen LogP contribution in [-0.4, -0.2) is 72.0 Å². The Morgan fingerprint density at radius 3 is 2.16 bits per heavy atom. The highest BCUT2D eigenvalue weighted by Gasteiger charge is 2.52. The quantitative estimate of drug-likeness (QED) is 0.158.